The fourth-order valence-corrected chi connectivity index (χ4v) is 1.16. The molecule has 0 aromatic carbocycles. The summed E-state index contributed by atoms with van der Waals surface area (Å²) in [6, 6.07) is 0. The molecule has 1 fully saturated rings. The summed E-state index contributed by atoms with van der Waals surface area (Å²) in [4.78, 5) is 2.36. The molecule has 0 aliphatic carbocycles. The second-order valence-corrected chi connectivity index (χ2v) is 3.06. The van der Waals surface area contributed by atoms with Gasteiger partial charge in [0.2, 0.25) is 0 Å². The van der Waals surface area contributed by atoms with Gasteiger partial charge in [-0.05, 0) is 31.9 Å². The number of nitrogens with zero attached hydrogens (tertiary/aromatic N) is 1. The first-order valence-corrected chi connectivity index (χ1v) is 4.04. The number of allylic oxidation sites excluding steroid dienone is 1. The van der Waals surface area contributed by atoms with Crippen LogP contribution in [0, 0.1) is 12.8 Å². The van der Waals surface area contributed by atoms with Crippen molar-refractivity contribution in [2.75, 3.05) is 13.1 Å². The third kappa shape index (κ3) is 2.42. The summed E-state index contributed by atoms with van der Waals surface area (Å²) in [7, 11) is 0. The molecule has 1 nitrogen and oxygen atoms in total. The first-order chi connectivity index (χ1) is 4.79. The molecule has 0 saturated carbocycles. The van der Waals surface area contributed by atoms with Crippen molar-refractivity contribution in [1.29, 1.82) is 0 Å². The molecule has 1 atom stereocenters. The van der Waals surface area contributed by atoms with Crippen molar-refractivity contribution in [2.45, 2.75) is 19.8 Å². The number of hydrogen-bond donors (Lipinski definition) is 0. The van der Waals surface area contributed by atoms with Crippen LogP contribution in [0.4, 0.5) is 0 Å². The molecule has 0 spiro atoms. The zero-order valence-corrected chi connectivity index (χ0v) is 6.71. The summed E-state index contributed by atoms with van der Waals surface area (Å²) in [5.41, 5.74) is 0. The van der Waals surface area contributed by atoms with Gasteiger partial charge in [0.25, 0.3) is 0 Å². The van der Waals surface area contributed by atoms with Crippen LogP contribution >= 0.6 is 0 Å². The highest BCUT2D eigenvalue weighted by atomic mass is 15.1. The molecule has 0 N–H and O–H groups in total. The van der Waals surface area contributed by atoms with Crippen LogP contribution in [-0.4, -0.2) is 18.0 Å². The second kappa shape index (κ2) is 3.65. The highest BCUT2D eigenvalue weighted by molar-refractivity contribution is 4.89. The van der Waals surface area contributed by atoms with E-state index in [4.69, 9.17) is 0 Å². The van der Waals surface area contributed by atoms with E-state index in [-0.39, 0.29) is 0 Å². The topological polar surface area (TPSA) is 3.24 Å². The average molecular weight is 138 g/mol. The highest BCUT2D eigenvalue weighted by Crippen LogP contribution is 2.08. The van der Waals surface area contributed by atoms with Gasteiger partial charge in [-0.1, -0.05) is 13.0 Å². The maximum Gasteiger partial charge on any atom is 0.0173 e. The number of rotatable bonds is 2. The average Bonchev–Trinajstić information content (AvgIpc) is 2.34. The molecule has 1 rings (SSSR count). The lowest BCUT2D eigenvalue weighted by molar-refractivity contribution is 0.465. The van der Waals surface area contributed by atoms with Crippen LogP contribution in [0.3, 0.4) is 0 Å². The van der Waals surface area contributed by atoms with E-state index >= 15 is 0 Å². The Hall–Kier alpha value is -0.460. The van der Waals surface area contributed by atoms with Gasteiger partial charge in [-0.25, -0.2) is 0 Å². The highest BCUT2D eigenvalue weighted by Gasteiger charge is 2.05. The van der Waals surface area contributed by atoms with E-state index in [9.17, 15) is 0 Å². The van der Waals surface area contributed by atoms with Gasteiger partial charge in [-0.2, -0.15) is 0 Å². The zero-order chi connectivity index (χ0) is 7.40. The molecular weight excluding hydrogens is 122 g/mol. The van der Waals surface area contributed by atoms with Gasteiger partial charge < -0.3 is 4.90 Å². The van der Waals surface area contributed by atoms with Crippen molar-refractivity contribution >= 4 is 0 Å². The first-order valence-electron chi connectivity index (χ1n) is 4.04. The predicted octanol–water partition coefficient (Wildman–Crippen LogP) is 2.07. The zero-order valence-electron chi connectivity index (χ0n) is 6.71. The smallest absolute Gasteiger partial charge is 0.0173 e. The minimum atomic E-state index is 0.445. The fourth-order valence-electron chi connectivity index (χ4n) is 1.16. The first kappa shape index (κ1) is 7.64. The van der Waals surface area contributed by atoms with Crippen molar-refractivity contribution in [3.63, 3.8) is 0 Å². The molecule has 57 valence electrons. The molecule has 1 heterocycles. The Morgan fingerprint density at radius 3 is 2.50 bits per heavy atom. The molecule has 1 radical (unpaired) electrons. The van der Waals surface area contributed by atoms with Crippen LogP contribution in [0.25, 0.3) is 0 Å². The van der Waals surface area contributed by atoms with E-state index in [1.807, 2.05) is 0 Å². The molecule has 1 aliphatic rings. The van der Waals surface area contributed by atoms with Crippen molar-refractivity contribution in [3.05, 3.63) is 19.2 Å². The van der Waals surface area contributed by atoms with Crippen LogP contribution in [0.1, 0.15) is 19.8 Å². The van der Waals surface area contributed by atoms with Crippen molar-refractivity contribution in [1.82, 2.24) is 4.90 Å². The van der Waals surface area contributed by atoms with Crippen LogP contribution in [0.5, 0.6) is 0 Å². The van der Waals surface area contributed by atoms with Gasteiger partial charge in [0.1, 0.15) is 0 Å². The van der Waals surface area contributed by atoms with Gasteiger partial charge in [0.15, 0.2) is 0 Å². The standard InChI is InChI=1S/C9H16N/c1-9(2)5-8-10-6-3-4-7-10/h5,8-9H,1,3-4,6-7H2,2H3. The summed E-state index contributed by atoms with van der Waals surface area (Å²) in [5.74, 6) is 0.445. The van der Waals surface area contributed by atoms with E-state index in [0.29, 0.717) is 5.92 Å². The molecule has 0 aromatic rings. The lowest BCUT2D eigenvalue weighted by Crippen LogP contribution is -2.10. The molecule has 1 saturated heterocycles. The van der Waals surface area contributed by atoms with Gasteiger partial charge in [0, 0.05) is 13.1 Å². The third-order valence-corrected chi connectivity index (χ3v) is 1.77. The maximum atomic E-state index is 3.89. The van der Waals surface area contributed by atoms with E-state index in [2.05, 4.69) is 31.0 Å². The Bertz CT molecular complexity index is 110. The monoisotopic (exact) mass is 138 g/mol. The molecule has 1 unspecified atom stereocenters. The van der Waals surface area contributed by atoms with E-state index in [1.54, 1.807) is 0 Å². The molecule has 0 aromatic heterocycles. The molecule has 1 aliphatic heterocycles. The van der Waals surface area contributed by atoms with E-state index in [0.717, 1.165) is 0 Å². The van der Waals surface area contributed by atoms with Crippen LogP contribution in [-0.2, 0) is 0 Å². The molecule has 10 heavy (non-hydrogen) atoms. The van der Waals surface area contributed by atoms with Gasteiger partial charge in [0.05, 0.1) is 0 Å². The van der Waals surface area contributed by atoms with Crippen molar-refractivity contribution in [2.24, 2.45) is 5.92 Å². The second-order valence-electron chi connectivity index (χ2n) is 3.06. The lowest BCUT2D eigenvalue weighted by atomic mass is 10.2. The van der Waals surface area contributed by atoms with Crippen molar-refractivity contribution < 1.29 is 0 Å². The van der Waals surface area contributed by atoms with Crippen LogP contribution in [0.15, 0.2) is 12.3 Å². The quantitative estimate of drug-likeness (QED) is 0.564. The minimum absolute atomic E-state index is 0.445. The van der Waals surface area contributed by atoms with Crippen molar-refractivity contribution in [3.8, 4) is 0 Å². The SMILES string of the molecule is [CH2]C(C)C=CN1CCCC1. The van der Waals surface area contributed by atoms with Gasteiger partial charge in [-0.15, -0.1) is 0 Å². The van der Waals surface area contributed by atoms with Crippen LogP contribution < -0.4 is 0 Å². The Balaban J connectivity index is 2.23. The fraction of sp³-hybridized carbons (Fsp3) is 0.667. The Labute approximate surface area is 63.7 Å². The minimum Gasteiger partial charge on any atom is -0.378 e. The Morgan fingerprint density at radius 2 is 2.00 bits per heavy atom. The lowest BCUT2D eigenvalue weighted by Gasteiger charge is -2.10. The number of hydrogen-bond acceptors (Lipinski definition) is 1. The third-order valence-electron chi connectivity index (χ3n) is 1.77. The molecule has 0 amide bonds. The normalized spacial score (nSPS) is 19.7. The summed E-state index contributed by atoms with van der Waals surface area (Å²) in [6.07, 6.45) is 7.06. The predicted molar refractivity (Wildman–Crippen MR) is 44.5 cm³/mol. The largest absolute Gasteiger partial charge is 0.378 e. The number of likely N-dealkylation sites (tertiary alicyclic amines) is 1. The summed E-state index contributed by atoms with van der Waals surface area (Å²) in [5, 5.41) is 0. The molecule has 0 bridgehead atoms. The Kier molecular flexibility index (Phi) is 2.79. The summed E-state index contributed by atoms with van der Waals surface area (Å²) < 4.78 is 0. The maximum absolute atomic E-state index is 3.89. The van der Waals surface area contributed by atoms with Crippen LogP contribution in [0.2, 0.25) is 0 Å². The molecule has 1 heteroatoms. The summed E-state index contributed by atoms with van der Waals surface area (Å²) in [6.45, 7) is 8.47. The van der Waals surface area contributed by atoms with E-state index < -0.39 is 0 Å². The van der Waals surface area contributed by atoms with Gasteiger partial charge in [-0.3, -0.25) is 0 Å². The van der Waals surface area contributed by atoms with E-state index in [1.165, 1.54) is 25.9 Å². The van der Waals surface area contributed by atoms with Gasteiger partial charge >= 0.3 is 0 Å². The Morgan fingerprint density at radius 1 is 1.40 bits per heavy atom. The molecular formula is C9H16N. The summed E-state index contributed by atoms with van der Waals surface area (Å²) >= 11 is 0.